The van der Waals surface area contributed by atoms with Crippen LogP contribution in [0.15, 0.2) is 54.6 Å². The molecule has 0 radical (unpaired) electrons. The van der Waals surface area contributed by atoms with Gasteiger partial charge in [-0.2, -0.15) is 11.8 Å². The van der Waals surface area contributed by atoms with Crippen LogP contribution >= 0.6 is 11.8 Å². The first-order valence-electron chi connectivity index (χ1n) is 25.3. The molecule has 3 atom stereocenters. The molecule has 0 unspecified atom stereocenters. The van der Waals surface area contributed by atoms with E-state index < -0.39 is 23.6 Å². The third-order valence-electron chi connectivity index (χ3n) is 12.2. The molecule has 2 aromatic carbocycles. The molecule has 1 aliphatic heterocycles. The van der Waals surface area contributed by atoms with Crippen LogP contribution in [0.4, 0.5) is 10.5 Å². The molecular weight excluding hydrogens is 941 g/mol. The number of ether oxygens (including phenoxy) is 2. The van der Waals surface area contributed by atoms with Crippen LogP contribution in [-0.2, 0) is 56.2 Å². The van der Waals surface area contributed by atoms with E-state index in [-0.39, 0.29) is 106 Å². The lowest BCUT2D eigenvalue weighted by Gasteiger charge is -2.33. The van der Waals surface area contributed by atoms with E-state index in [0.717, 1.165) is 11.1 Å². The van der Waals surface area contributed by atoms with Crippen LogP contribution in [0.25, 0.3) is 0 Å². The molecule has 2 aromatic rings. The normalized spacial score (nSPS) is 15.9. The van der Waals surface area contributed by atoms with Crippen LogP contribution in [-0.4, -0.2) is 175 Å². The lowest BCUT2D eigenvalue weighted by molar-refractivity contribution is -0.156. The number of anilines is 1. The number of hydrogen-bond donors (Lipinski definition) is 4. The van der Waals surface area contributed by atoms with Gasteiger partial charge in [-0.25, -0.2) is 4.79 Å². The molecule has 0 aromatic heterocycles. The van der Waals surface area contributed by atoms with Crippen molar-refractivity contribution >= 4 is 64.6 Å². The number of carbonyl (C=O) groups excluding carboxylic acids is 8. The molecule has 400 valence electrons. The van der Waals surface area contributed by atoms with Crippen molar-refractivity contribution in [3.8, 4) is 0 Å². The summed E-state index contributed by atoms with van der Waals surface area (Å²) in [6.07, 6.45) is 3.45. The lowest BCUT2D eigenvalue weighted by atomic mass is 9.85. The van der Waals surface area contributed by atoms with E-state index in [1.165, 1.54) is 0 Å². The van der Waals surface area contributed by atoms with Gasteiger partial charge in [-0.05, 0) is 88.6 Å². The minimum atomic E-state index is -0.824. The summed E-state index contributed by atoms with van der Waals surface area (Å²) in [6.45, 7) is 17.9. The van der Waals surface area contributed by atoms with Gasteiger partial charge in [-0.15, -0.1) is 0 Å². The number of thioether (sulfide) groups is 1. The third-order valence-corrected chi connectivity index (χ3v) is 12.8. The number of nitrogens with one attached hydrogen (secondary N) is 4. The largest absolute Gasteiger partial charge is 0.461 e. The summed E-state index contributed by atoms with van der Waals surface area (Å²) >= 11 is 1.55. The molecule has 0 bridgehead atoms. The van der Waals surface area contributed by atoms with Crippen LogP contribution < -0.4 is 21.3 Å². The van der Waals surface area contributed by atoms with Crippen molar-refractivity contribution in [2.75, 3.05) is 102 Å². The number of urea groups is 1. The Bertz CT molecular complexity index is 2040. The zero-order chi connectivity index (χ0) is 53.1. The molecule has 1 heterocycles. The molecule has 0 saturated carbocycles. The van der Waals surface area contributed by atoms with Crippen molar-refractivity contribution < 1.29 is 47.8 Å². The predicted octanol–water partition coefficient (Wildman–Crippen LogP) is 4.55. The highest BCUT2D eigenvalue weighted by Crippen LogP contribution is 2.22. The highest BCUT2D eigenvalue weighted by atomic mass is 32.2. The Balaban J connectivity index is 1.56. The maximum Gasteiger partial charge on any atom is 0.320 e. The van der Waals surface area contributed by atoms with Gasteiger partial charge in [0.25, 0.3) is 0 Å². The number of esters is 2. The quantitative estimate of drug-likeness (QED) is 0.0714. The Morgan fingerprint density at radius 2 is 1.26 bits per heavy atom. The molecule has 72 heavy (non-hydrogen) atoms. The first-order chi connectivity index (χ1) is 34.2. The summed E-state index contributed by atoms with van der Waals surface area (Å²) in [6, 6.07) is 15.0. The molecule has 19 heteroatoms. The lowest BCUT2D eigenvalue weighted by Crippen LogP contribution is -2.49. The molecule has 0 aliphatic carbocycles. The summed E-state index contributed by atoms with van der Waals surface area (Å²) in [5.74, 6) is -1.48. The van der Waals surface area contributed by atoms with Gasteiger partial charge in [0.05, 0.1) is 32.2 Å². The van der Waals surface area contributed by atoms with Gasteiger partial charge >= 0.3 is 18.0 Å². The van der Waals surface area contributed by atoms with E-state index in [0.29, 0.717) is 83.1 Å². The first kappa shape index (κ1) is 61.1. The Kier molecular flexibility index (Phi) is 27.8. The van der Waals surface area contributed by atoms with Gasteiger partial charge in [0.15, 0.2) is 5.78 Å². The fraction of sp³-hybridized carbons (Fsp3) is 0.623. The minimum Gasteiger partial charge on any atom is -0.461 e. The number of benzene rings is 2. The number of carbonyl (C=O) groups is 8. The van der Waals surface area contributed by atoms with Gasteiger partial charge < -0.3 is 30.7 Å². The van der Waals surface area contributed by atoms with Crippen LogP contribution in [0.1, 0.15) is 91.7 Å². The maximum atomic E-state index is 13.8. The van der Waals surface area contributed by atoms with Gasteiger partial charge in [-0.3, -0.25) is 53.2 Å². The number of rotatable bonds is 27. The second-order valence-corrected chi connectivity index (χ2v) is 20.7. The van der Waals surface area contributed by atoms with Crippen molar-refractivity contribution in [2.24, 2.45) is 11.8 Å². The Hall–Kier alpha value is -5.21. The number of hydrogen-bond acceptors (Lipinski definition) is 15. The molecule has 1 saturated heterocycles. The molecule has 4 N–H and O–H groups in total. The van der Waals surface area contributed by atoms with Crippen LogP contribution in [0.3, 0.4) is 0 Å². The highest BCUT2D eigenvalue weighted by Gasteiger charge is 2.31. The highest BCUT2D eigenvalue weighted by molar-refractivity contribution is 7.98. The van der Waals surface area contributed by atoms with Crippen molar-refractivity contribution in [3.63, 3.8) is 0 Å². The van der Waals surface area contributed by atoms with E-state index in [4.69, 9.17) is 9.47 Å². The summed E-state index contributed by atoms with van der Waals surface area (Å²) < 4.78 is 11.0. The fourth-order valence-corrected chi connectivity index (χ4v) is 8.49. The van der Waals surface area contributed by atoms with E-state index in [1.54, 1.807) is 49.9 Å². The standard InChI is InChI=1S/C53H82N8O10S/c1-9-39(2)45(51(68)54-22-13-16-49(66)70-38-43-14-11-10-12-15-43)32-47(64)46(21-31-72-8)57-52(69)56-44-19-17-42(18-20-44)33-55-48(65)36-60-27-25-58(34-40(3)62)23-24-59(35-41(4)63)26-29-61(30-28-60)37-50(67)71-53(5,6)7/h10-12,14-15,17-20,39,45-46H,9,13,16,21-38H2,1-8H3,(H,54,68)(H,55,65)(H2,56,57,69)/t39-,45-,46-/m0/s1. The number of Topliss-reactive ketones (excluding diaryl/α,β-unsaturated/α-hetero) is 3. The summed E-state index contributed by atoms with van der Waals surface area (Å²) in [7, 11) is 0. The van der Waals surface area contributed by atoms with Gasteiger partial charge in [0.1, 0.15) is 23.8 Å². The Labute approximate surface area is 431 Å². The van der Waals surface area contributed by atoms with Gasteiger partial charge in [0.2, 0.25) is 11.8 Å². The number of ketones is 3. The van der Waals surface area contributed by atoms with E-state index >= 15 is 0 Å². The van der Waals surface area contributed by atoms with Crippen molar-refractivity contribution in [1.82, 2.24) is 35.6 Å². The molecule has 1 aliphatic rings. The SMILES string of the molecule is CC[C@H](C)[C@H](CC(=O)[C@H](CCSC)NC(=O)Nc1ccc(CNC(=O)CN2CCN(CC(C)=O)CCN(CC(C)=O)CCN(CC(=O)OC(C)(C)C)CC2)cc1)C(=O)NCCCC(=O)OCc1ccccc1. The second kappa shape index (κ2) is 32.8. The average Bonchev–Trinajstić information content (AvgIpc) is 3.32. The summed E-state index contributed by atoms with van der Waals surface area (Å²) in [5.41, 5.74) is 1.52. The van der Waals surface area contributed by atoms with Crippen LogP contribution in [0.2, 0.25) is 0 Å². The maximum absolute atomic E-state index is 13.8. The Morgan fingerprint density at radius 1 is 0.708 bits per heavy atom. The average molecular weight is 1020 g/mol. The summed E-state index contributed by atoms with van der Waals surface area (Å²) in [5, 5.41) is 11.5. The molecule has 1 fully saturated rings. The summed E-state index contributed by atoms with van der Waals surface area (Å²) in [4.78, 5) is 112. The topological polar surface area (TPSA) is 216 Å². The Morgan fingerprint density at radius 3 is 1.79 bits per heavy atom. The second-order valence-electron chi connectivity index (χ2n) is 19.7. The molecule has 3 rings (SSSR count). The number of nitrogens with zero attached hydrogens (tertiary/aromatic N) is 4. The van der Waals surface area contributed by atoms with Gasteiger partial charge in [-0.1, -0.05) is 62.7 Å². The molecule has 0 spiro atoms. The van der Waals surface area contributed by atoms with Gasteiger partial charge in [0, 0.05) is 89.9 Å². The first-order valence-corrected chi connectivity index (χ1v) is 26.6. The van der Waals surface area contributed by atoms with Crippen LogP contribution in [0, 0.1) is 11.8 Å². The zero-order valence-corrected chi connectivity index (χ0v) is 44.9. The van der Waals surface area contributed by atoms with E-state index in [1.807, 2.05) is 90.8 Å². The van der Waals surface area contributed by atoms with Crippen LogP contribution in [0.5, 0.6) is 0 Å². The predicted molar refractivity (Wildman–Crippen MR) is 281 cm³/mol. The number of amides is 4. The van der Waals surface area contributed by atoms with Crippen molar-refractivity contribution in [1.29, 1.82) is 0 Å². The monoisotopic (exact) mass is 1020 g/mol. The minimum absolute atomic E-state index is 0.0232. The van der Waals surface area contributed by atoms with Crippen molar-refractivity contribution in [2.45, 2.75) is 105 Å². The van der Waals surface area contributed by atoms with Crippen molar-refractivity contribution in [3.05, 3.63) is 65.7 Å². The van der Waals surface area contributed by atoms with E-state index in [9.17, 15) is 38.4 Å². The fourth-order valence-electron chi connectivity index (χ4n) is 8.02. The van der Waals surface area contributed by atoms with E-state index in [2.05, 4.69) is 21.3 Å². The molecule has 4 amide bonds. The third kappa shape index (κ3) is 26.0. The smallest absolute Gasteiger partial charge is 0.320 e. The molecule has 18 nitrogen and oxygen atoms in total. The zero-order valence-electron chi connectivity index (χ0n) is 44.1. The molecular formula is C53H82N8O10S.